The van der Waals surface area contributed by atoms with Crippen molar-refractivity contribution in [1.29, 1.82) is 0 Å². The topological polar surface area (TPSA) is 45.6 Å². The Bertz CT molecular complexity index is 1110. The van der Waals surface area contributed by atoms with Crippen molar-refractivity contribution < 1.29 is 40.3 Å². The molecule has 0 bridgehead atoms. The Hall–Kier alpha value is -3.05. The van der Waals surface area contributed by atoms with Gasteiger partial charge < -0.3 is 14.4 Å². The van der Waals surface area contributed by atoms with Gasteiger partial charge in [-0.3, -0.25) is 9.59 Å². The molecule has 12 heteroatoms. The number of carbonyl (C=O) groups is 2. The van der Waals surface area contributed by atoms with Gasteiger partial charge in [0.15, 0.2) is 0 Å². The maximum atomic E-state index is 13.9. The highest BCUT2D eigenvalue weighted by Crippen LogP contribution is 2.49. The van der Waals surface area contributed by atoms with Crippen molar-refractivity contribution in [3.8, 4) is 5.69 Å². The van der Waals surface area contributed by atoms with Crippen LogP contribution in [-0.2, 0) is 4.79 Å². The first-order valence-electron chi connectivity index (χ1n) is 11.9. The van der Waals surface area contributed by atoms with Crippen LogP contribution in [0.4, 0.5) is 30.7 Å². The molecular formula is C25H26F7N3O2. The largest absolute Gasteiger partial charge is 0.431 e. The third kappa shape index (κ3) is 5.19. The van der Waals surface area contributed by atoms with Crippen molar-refractivity contribution in [2.24, 2.45) is 5.41 Å². The molecule has 3 heterocycles. The zero-order valence-corrected chi connectivity index (χ0v) is 19.8. The van der Waals surface area contributed by atoms with Gasteiger partial charge in [-0.15, -0.1) is 0 Å². The van der Waals surface area contributed by atoms with Gasteiger partial charge in [0.25, 0.3) is 11.6 Å². The summed E-state index contributed by atoms with van der Waals surface area (Å²) in [5, 5.41) is 0. The van der Waals surface area contributed by atoms with Crippen LogP contribution in [0.5, 0.6) is 0 Å². The predicted octanol–water partition coefficient (Wildman–Crippen LogP) is 5.55. The zero-order valence-electron chi connectivity index (χ0n) is 19.8. The summed E-state index contributed by atoms with van der Waals surface area (Å²) < 4.78 is 92.5. The van der Waals surface area contributed by atoms with Gasteiger partial charge in [-0.1, -0.05) is 12.1 Å². The smallest absolute Gasteiger partial charge is 0.342 e. The second-order valence-electron chi connectivity index (χ2n) is 9.76. The summed E-state index contributed by atoms with van der Waals surface area (Å²) in [5.41, 5.74) is -4.55. The van der Waals surface area contributed by atoms with Crippen LogP contribution in [0.3, 0.4) is 0 Å². The van der Waals surface area contributed by atoms with Crippen LogP contribution >= 0.6 is 0 Å². The van der Waals surface area contributed by atoms with Crippen LogP contribution in [0.1, 0.15) is 42.5 Å². The number of rotatable bonds is 5. The molecule has 1 aromatic heterocycles. The second-order valence-corrected chi connectivity index (χ2v) is 9.76. The van der Waals surface area contributed by atoms with Crippen LogP contribution in [-0.4, -0.2) is 70.4 Å². The number of amides is 2. The number of para-hydroxylation sites is 1. The number of nitrogens with zero attached hydrogens (tertiary/aromatic N) is 3. The van der Waals surface area contributed by atoms with E-state index in [-0.39, 0.29) is 24.4 Å². The lowest BCUT2D eigenvalue weighted by molar-refractivity contribution is -0.343. The first-order valence-corrected chi connectivity index (χ1v) is 11.9. The number of piperidine rings is 1. The molecule has 2 aromatic rings. The third-order valence-corrected chi connectivity index (χ3v) is 7.50. The van der Waals surface area contributed by atoms with E-state index in [0.717, 1.165) is 5.69 Å². The molecule has 1 aromatic carbocycles. The first-order chi connectivity index (χ1) is 17.3. The molecule has 5 nitrogen and oxygen atoms in total. The molecule has 4 rings (SSSR count). The van der Waals surface area contributed by atoms with Gasteiger partial charge in [0.1, 0.15) is 0 Å². The van der Waals surface area contributed by atoms with Crippen molar-refractivity contribution in [2.45, 2.75) is 50.1 Å². The highest BCUT2D eigenvalue weighted by Gasteiger charge is 2.72. The molecular weight excluding hydrogens is 507 g/mol. The number of alkyl halides is 7. The predicted molar refractivity (Wildman–Crippen MR) is 120 cm³/mol. The lowest BCUT2D eigenvalue weighted by Crippen LogP contribution is -2.53. The van der Waals surface area contributed by atoms with Crippen LogP contribution in [0, 0.1) is 5.41 Å². The maximum Gasteiger partial charge on any atom is 0.431 e. The molecule has 2 amide bonds. The highest BCUT2D eigenvalue weighted by molar-refractivity contribution is 5.97. The lowest BCUT2D eigenvalue weighted by atomic mass is 9.77. The van der Waals surface area contributed by atoms with E-state index in [1.807, 2.05) is 41.2 Å². The minimum atomic E-state index is -6.17. The van der Waals surface area contributed by atoms with Crippen LogP contribution in [0.2, 0.25) is 0 Å². The zero-order chi connectivity index (χ0) is 27.1. The minimum absolute atomic E-state index is 0.149. The Labute approximate surface area is 208 Å². The van der Waals surface area contributed by atoms with E-state index in [4.69, 9.17) is 0 Å². The van der Waals surface area contributed by atoms with Gasteiger partial charge in [0.05, 0.1) is 11.3 Å². The Kier molecular flexibility index (Phi) is 7.06. The number of benzene rings is 1. The van der Waals surface area contributed by atoms with E-state index in [2.05, 4.69) is 0 Å². The number of hydrogen-bond acceptors (Lipinski definition) is 2. The van der Waals surface area contributed by atoms with Gasteiger partial charge >= 0.3 is 12.4 Å². The molecule has 2 aliphatic rings. The fraction of sp³-hybridized carbons (Fsp3) is 0.520. The third-order valence-electron chi connectivity index (χ3n) is 7.50. The van der Waals surface area contributed by atoms with Crippen molar-refractivity contribution in [1.82, 2.24) is 14.4 Å². The number of carbonyl (C=O) groups excluding carboxylic acids is 2. The Morgan fingerprint density at radius 3 is 1.89 bits per heavy atom. The maximum absolute atomic E-state index is 13.9. The average Bonchev–Trinajstić information content (AvgIpc) is 3.52. The number of aromatic nitrogens is 1. The van der Waals surface area contributed by atoms with E-state index < -0.39 is 36.8 Å². The summed E-state index contributed by atoms with van der Waals surface area (Å²) in [6.45, 7) is 1.12. The van der Waals surface area contributed by atoms with E-state index in [1.54, 1.807) is 17.0 Å². The summed E-state index contributed by atoms with van der Waals surface area (Å²) in [6, 6.07) is 10.9. The number of hydrogen-bond donors (Lipinski definition) is 0. The lowest BCUT2D eigenvalue weighted by Gasteiger charge is -2.39. The molecule has 0 atom stereocenters. The van der Waals surface area contributed by atoms with Gasteiger partial charge in [-0.05, 0) is 48.9 Å². The standard InChI is InChI=1S/C25H26F7N3O2/c26-23(24(27,28)29,25(30,31)32)8-7-20(36)35-16-11-22(17-35)9-14-34(15-10-22)21(37)18-5-1-2-6-19(18)33-12-3-4-13-33/h1-6,12-13H,7-11,14-17H2. The summed E-state index contributed by atoms with van der Waals surface area (Å²) >= 11 is 0. The molecule has 0 saturated carbocycles. The Balaban J connectivity index is 1.35. The molecule has 0 radical (unpaired) electrons. The molecule has 2 fully saturated rings. The molecule has 202 valence electrons. The molecule has 37 heavy (non-hydrogen) atoms. The fourth-order valence-corrected chi connectivity index (χ4v) is 5.17. The summed E-state index contributed by atoms with van der Waals surface area (Å²) in [7, 11) is 0. The number of halogens is 7. The van der Waals surface area contributed by atoms with Crippen LogP contribution < -0.4 is 0 Å². The van der Waals surface area contributed by atoms with Gasteiger partial charge in [0.2, 0.25) is 5.91 Å². The number of likely N-dealkylation sites (tertiary alicyclic amines) is 2. The SMILES string of the molecule is O=C(CCC(F)(C(F)(F)F)C(F)(F)F)N1CCC2(CCN(C(=O)c3ccccc3-n3cccc3)CC2)C1. The normalized spacial score (nSPS) is 18.5. The van der Waals surface area contributed by atoms with Crippen molar-refractivity contribution >= 4 is 11.8 Å². The molecule has 1 spiro atoms. The van der Waals surface area contributed by atoms with Crippen LogP contribution in [0.15, 0.2) is 48.8 Å². The quantitative estimate of drug-likeness (QED) is 0.474. The molecule has 0 aliphatic carbocycles. The highest BCUT2D eigenvalue weighted by atomic mass is 19.4. The van der Waals surface area contributed by atoms with Crippen molar-refractivity contribution in [3.63, 3.8) is 0 Å². The molecule has 2 aliphatic heterocycles. The van der Waals surface area contributed by atoms with Gasteiger partial charge in [0, 0.05) is 51.4 Å². The fourth-order valence-electron chi connectivity index (χ4n) is 5.17. The van der Waals surface area contributed by atoms with Crippen molar-refractivity contribution in [3.05, 3.63) is 54.4 Å². The monoisotopic (exact) mass is 533 g/mol. The Morgan fingerprint density at radius 1 is 0.784 bits per heavy atom. The molecule has 0 unspecified atom stereocenters. The van der Waals surface area contributed by atoms with E-state index >= 15 is 0 Å². The summed E-state index contributed by atoms with van der Waals surface area (Å²) in [5.74, 6) is -1.09. The van der Waals surface area contributed by atoms with Gasteiger partial charge in [-0.2, -0.15) is 26.3 Å². The van der Waals surface area contributed by atoms with E-state index in [9.17, 15) is 40.3 Å². The second kappa shape index (κ2) is 9.68. The summed E-state index contributed by atoms with van der Waals surface area (Å²) in [4.78, 5) is 28.6. The van der Waals surface area contributed by atoms with E-state index in [0.29, 0.717) is 37.9 Å². The molecule has 2 saturated heterocycles. The van der Waals surface area contributed by atoms with Crippen LogP contribution in [0.25, 0.3) is 5.69 Å². The minimum Gasteiger partial charge on any atom is -0.342 e. The first kappa shape index (κ1) is 27.0. The average molecular weight is 533 g/mol. The molecule has 0 N–H and O–H groups in total. The van der Waals surface area contributed by atoms with Crippen molar-refractivity contribution in [2.75, 3.05) is 26.2 Å². The van der Waals surface area contributed by atoms with E-state index in [1.165, 1.54) is 4.90 Å². The Morgan fingerprint density at radius 2 is 1.32 bits per heavy atom. The summed E-state index contributed by atoms with van der Waals surface area (Å²) in [6.07, 6.45) is -10.3. The van der Waals surface area contributed by atoms with Gasteiger partial charge in [-0.25, -0.2) is 4.39 Å².